The van der Waals surface area contributed by atoms with Gasteiger partial charge in [0.2, 0.25) is 10.0 Å². The monoisotopic (exact) mass is 211 g/mol. The quantitative estimate of drug-likeness (QED) is 0.824. The minimum Gasteiger partial charge on any atom is -0.464 e. The highest BCUT2D eigenvalue weighted by atomic mass is 32.2. The average molecular weight is 211 g/mol. The zero-order valence-corrected chi connectivity index (χ0v) is 8.34. The number of benzene rings is 1. The van der Waals surface area contributed by atoms with Gasteiger partial charge in [0.15, 0.2) is 0 Å². The Morgan fingerprint density at radius 1 is 1.29 bits per heavy atom. The van der Waals surface area contributed by atoms with Gasteiger partial charge in [-0.25, -0.2) is 8.42 Å². The first-order valence-corrected chi connectivity index (χ1v) is 5.89. The summed E-state index contributed by atoms with van der Waals surface area (Å²) in [6.07, 6.45) is 2.67. The number of hydrogen-bond acceptors (Lipinski definition) is 3. The highest BCUT2D eigenvalue weighted by Gasteiger charge is 2.03. The zero-order valence-electron chi connectivity index (χ0n) is 7.52. The molecule has 0 aliphatic rings. The lowest BCUT2D eigenvalue weighted by Gasteiger charge is -2.02. The summed E-state index contributed by atoms with van der Waals surface area (Å²) in [4.78, 5) is 0. The predicted molar refractivity (Wildman–Crippen MR) is 54.7 cm³/mol. The second-order valence-corrected chi connectivity index (χ2v) is 4.80. The van der Waals surface area contributed by atoms with Gasteiger partial charge in [0, 0.05) is 11.5 Å². The van der Waals surface area contributed by atoms with Gasteiger partial charge in [0.1, 0.15) is 5.58 Å². The molecule has 4 nitrogen and oxygen atoms in total. The molecule has 0 radical (unpaired) electrons. The predicted octanol–water partition coefficient (Wildman–Crippen LogP) is 1.80. The minimum absolute atomic E-state index is 0.509. The van der Waals surface area contributed by atoms with Crippen molar-refractivity contribution in [2.24, 2.45) is 0 Å². The molecule has 2 aromatic rings. The van der Waals surface area contributed by atoms with Gasteiger partial charge in [-0.1, -0.05) is 0 Å². The normalized spacial score (nSPS) is 11.8. The third-order valence-corrected chi connectivity index (χ3v) is 2.37. The highest BCUT2D eigenvalue weighted by molar-refractivity contribution is 7.92. The van der Waals surface area contributed by atoms with Gasteiger partial charge in [-0.15, -0.1) is 0 Å². The molecule has 5 heteroatoms. The van der Waals surface area contributed by atoms with Crippen LogP contribution in [0.4, 0.5) is 5.69 Å². The van der Waals surface area contributed by atoms with Gasteiger partial charge in [-0.2, -0.15) is 0 Å². The number of hydrogen-bond donors (Lipinski definition) is 1. The molecular formula is C9H9NO3S. The van der Waals surface area contributed by atoms with Crippen molar-refractivity contribution in [3.05, 3.63) is 30.5 Å². The maximum atomic E-state index is 10.9. The number of furan rings is 1. The second kappa shape index (κ2) is 3.02. The number of fused-ring (bicyclic) bond motifs is 1. The fraction of sp³-hybridized carbons (Fsp3) is 0.111. The van der Waals surface area contributed by atoms with Crippen LogP contribution in [0, 0.1) is 0 Å². The molecule has 0 spiro atoms. The van der Waals surface area contributed by atoms with Gasteiger partial charge in [0.05, 0.1) is 18.2 Å². The Hall–Kier alpha value is -1.49. The van der Waals surface area contributed by atoms with Crippen molar-refractivity contribution in [3.63, 3.8) is 0 Å². The highest BCUT2D eigenvalue weighted by Crippen LogP contribution is 2.20. The van der Waals surface area contributed by atoms with Gasteiger partial charge >= 0.3 is 0 Å². The third-order valence-electron chi connectivity index (χ3n) is 1.76. The molecule has 1 aromatic heterocycles. The number of rotatable bonds is 2. The lowest BCUT2D eigenvalue weighted by Crippen LogP contribution is -2.09. The Balaban J connectivity index is 2.44. The van der Waals surface area contributed by atoms with E-state index in [1.54, 1.807) is 24.5 Å². The first kappa shape index (κ1) is 9.08. The SMILES string of the molecule is CS(=O)(=O)Nc1ccc2ccoc2c1. The Labute approximate surface area is 81.6 Å². The second-order valence-electron chi connectivity index (χ2n) is 3.05. The molecule has 74 valence electrons. The fourth-order valence-electron chi connectivity index (χ4n) is 1.23. The summed E-state index contributed by atoms with van der Waals surface area (Å²) in [5.41, 5.74) is 1.17. The molecule has 0 amide bonds. The standard InChI is InChI=1S/C9H9NO3S/c1-14(11,12)10-8-3-2-7-4-5-13-9(7)6-8/h2-6,10H,1H3. The maximum Gasteiger partial charge on any atom is 0.229 e. The van der Waals surface area contributed by atoms with Crippen LogP contribution in [0.5, 0.6) is 0 Å². The van der Waals surface area contributed by atoms with Crippen LogP contribution in [0.15, 0.2) is 34.9 Å². The van der Waals surface area contributed by atoms with E-state index < -0.39 is 10.0 Å². The summed E-state index contributed by atoms with van der Waals surface area (Å²) in [5, 5.41) is 0.948. The lowest BCUT2D eigenvalue weighted by molar-refractivity contribution is 0.607. The number of anilines is 1. The van der Waals surface area contributed by atoms with Crippen molar-refractivity contribution in [3.8, 4) is 0 Å². The largest absolute Gasteiger partial charge is 0.464 e. The van der Waals surface area contributed by atoms with Crippen molar-refractivity contribution in [2.75, 3.05) is 11.0 Å². The molecule has 0 fully saturated rings. The first-order valence-electron chi connectivity index (χ1n) is 4.00. The molecule has 0 unspecified atom stereocenters. The van der Waals surface area contributed by atoms with E-state index in [-0.39, 0.29) is 0 Å². The Bertz CT molecular complexity index is 556. The maximum absolute atomic E-state index is 10.9. The van der Waals surface area contributed by atoms with Gasteiger partial charge in [-0.05, 0) is 18.2 Å². The number of nitrogens with one attached hydrogen (secondary N) is 1. The summed E-state index contributed by atoms with van der Waals surface area (Å²) in [7, 11) is -3.22. The summed E-state index contributed by atoms with van der Waals surface area (Å²) in [6, 6.07) is 6.96. The third kappa shape index (κ3) is 1.88. The molecule has 0 bridgehead atoms. The van der Waals surface area contributed by atoms with Crippen LogP contribution < -0.4 is 4.72 Å². The lowest BCUT2D eigenvalue weighted by atomic mass is 10.2. The molecule has 1 N–H and O–H groups in total. The molecule has 0 aliphatic carbocycles. The van der Waals surface area contributed by atoms with E-state index in [9.17, 15) is 8.42 Å². The molecule has 0 saturated carbocycles. The van der Waals surface area contributed by atoms with Crippen LogP contribution in [0.25, 0.3) is 11.0 Å². The van der Waals surface area contributed by atoms with Gasteiger partial charge in [-0.3, -0.25) is 4.72 Å². The van der Waals surface area contributed by atoms with E-state index in [0.29, 0.717) is 11.3 Å². The van der Waals surface area contributed by atoms with Crippen molar-refractivity contribution in [1.29, 1.82) is 0 Å². The molecule has 1 aromatic carbocycles. The van der Waals surface area contributed by atoms with Crippen LogP contribution in [-0.4, -0.2) is 14.7 Å². The van der Waals surface area contributed by atoms with Crippen LogP contribution >= 0.6 is 0 Å². The van der Waals surface area contributed by atoms with Crippen molar-refractivity contribution in [1.82, 2.24) is 0 Å². The summed E-state index contributed by atoms with van der Waals surface area (Å²) >= 11 is 0. The van der Waals surface area contributed by atoms with E-state index in [1.165, 1.54) is 0 Å². The van der Waals surface area contributed by atoms with E-state index in [0.717, 1.165) is 11.6 Å². The Kier molecular flexibility index (Phi) is 1.96. The topological polar surface area (TPSA) is 59.3 Å². The Morgan fingerprint density at radius 3 is 2.79 bits per heavy atom. The number of sulfonamides is 1. The summed E-state index contributed by atoms with van der Waals surface area (Å²) in [6.45, 7) is 0. The molecule has 0 saturated heterocycles. The van der Waals surface area contributed by atoms with Crippen molar-refractivity contribution >= 4 is 26.7 Å². The molecule has 0 aliphatic heterocycles. The fourth-order valence-corrected chi connectivity index (χ4v) is 1.79. The van der Waals surface area contributed by atoms with Crippen molar-refractivity contribution < 1.29 is 12.8 Å². The molecule has 2 rings (SSSR count). The van der Waals surface area contributed by atoms with E-state index >= 15 is 0 Å². The van der Waals surface area contributed by atoms with E-state index in [2.05, 4.69) is 4.72 Å². The van der Waals surface area contributed by atoms with Crippen LogP contribution in [0.3, 0.4) is 0 Å². The van der Waals surface area contributed by atoms with E-state index in [1.807, 2.05) is 6.07 Å². The summed E-state index contributed by atoms with van der Waals surface area (Å²) < 4.78 is 29.4. The molecular weight excluding hydrogens is 202 g/mol. The zero-order chi connectivity index (χ0) is 10.2. The van der Waals surface area contributed by atoms with Crippen LogP contribution in [-0.2, 0) is 10.0 Å². The minimum atomic E-state index is -3.22. The van der Waals surface area contributed by atoms with Gasteiger partial charge < -0.3 is 4.42 Å². The van der Waals surface area contributed by atoms with E-state index in [4.69, 9.17) is 4.42 Å². The Morgan fingerprint density at radius 2 is 2.07 bits per heavy atom. The molecule has 0 atom stereocenters. The smallest absolute Gasteiger partial charge is 0.229 e. The molecule has 14 heavy (non-hydrogen) atoms. The van der Waals surface area contributed by atoms with Crippen molar-refractivity contribution in [2.45, 2.75) is 0 Å². The first-order chi connectivity index (χ1) is 6.54. The summed E-state index contributed by atoms with van der Waals surface area (Å²) in [5.74, 6) is 0. The molecule has 1 heterocycles. The average Bonchev–Trinajstić information content (AvgIpc) is 2.47. The van der Waals surface area contributed by atoms with Gasteiger partial charge in [0.25, 0.3) is 0 Å². The van der Waals surface area contributed by atoms with Crippen LogP contribution in [0.2, 0.25) is 0 Å². The van der Waals surface area contributed by atoms with Crippen LogP contribution in [0.1, 0.15) is 0 Å².